The third kappa shape index (κ3) is 5.67. The number of thiocarbonyl (C=S) groups is 1. The van der Waals surface area contributed by atoms with Crippen LogP contribution in [0, 0.1) is 10.1 Å². The summed E-state index contributed by atoms with van der Waals surface area (Å²) in [5.41, 5.74) is 2.05. The molecule has 1 heterocycles. The van der Waals surface area contributed by atoms with Gasteiger partial charge in [-0.05, 0) is 53.6 Å². The molecule has 1 aliphatic rings. The summed E-state index contributed by atoms with van der Waals surface area (Å²) in [4.78, 5) is 25.3. The SMILES string of the molecule is COc1cc(/C=C2/SC(=S)N(c3ccc([N+](=O)[O-])cc3)C2=O)c(Br)cc1OCc1ccc(Cl)cc1. The van der Waals surface area contributed by atoms with Gasteiger partial charge in [0.05, 0.1) is 22.6 Å². The average molecular weight is 592 g/mol. The summed E-state index contributed by atoms with van der Waals surface area (Å²) in [5.74, 6) is 0.715. The summed E-state index contributed by atoms with van der Waals surface area (Å²) in [6.07, 6.45) is 1.71. The van der Waals surface area contributed by atoms with E-state index in [4.69, 9.17) is 33.3 Å². The van der Waals surface area contributed by atoms with Gasteiger partial charge in [0.1, 0.15) is 6.61 Å². The van der Waals surface area contributed by atoms with Gasteiger partial charge in [0, 0.05) is 21.6 Å². The van der Waals surface area contributed by atoms with Gasteiger partial charge in [-0.3, -0.25) is 19.8 Å². The molecule has 0 N–H and O–H groups in total. The zero-order valence-electron chi connectivity index (χ0n) is 18.1. The molecule has 35 heavy (non-hydrogen) atoms. The molecule has 0 aliphatic carbocycles. The first-order valence-electron chi connectivity index (χ1n) is 10.0. The van der Waals surface area contributed by atoms with Gasteiger partial charge in [0.15, 0.2) is 15.8 Å². The second kappa shape index (κ2) is 10.8. The van der Waals surface area contributed by atoms with E-state index in [-0.39, 0.29) is 11.6 Å². The Labute approximate surface area is 223 Å². The molecule has 0 aromatic heterocycles. The first-order chi connectivity index (χ1) is 16.8. The number of benzene rings is 3. The molecule has 0 radical (unpaired) electrons. The van der Waals surface area contributed by atoms with E-state index in [0.717, 1.165) is 17.3 Å². The maximum Gasteiger partial charge on any atom is 0.270 e. The van der Waals surface area contributed by atoms with Crippen LogP contribution in [0.5, 0.6) is 11.5 Å². The highest BCUT2D eigenvalue weighted by Crippen LogP contribution is 2.40. The Morgan fingerprint density at radius 2 is 1.83 bits per heavy atom. The Bertz CT molecular complexity index is 1350. The molecular formula is C24H16BrClN2O5S2. The predicted molar refractivity (Wildman–Crippen MR) is 145 cm³/mol. The van der Waals surface area contributed by atoms with Crippen molar-refractivity contribution in [3.8, 4) is 11.5 Å². The van der Waals surface area contributed by atoms with Crippen molar-refractivity contribution in [3.05, 3.63) is 96.3 Å². The molecule has 1 saturated heterocycles. The van der Waals surface area contributed by atoms with Crippen LogP contribution in [0.1, 0.15) is 11.1 Å². The number of methoxy groups -OCH3 is 1. The molecule has 1 amide bonds. The number of rotatable bonds is 7. The van der Waals surface area contributed by atoms with Crippen molar-refractivity contribution in [3.63, 3.8) is 0 Å². The molecular weight excluding hydrogens is 576 g/mol. The number of thioether (sulfide) groups is 1. The lowest BCUT2D eigenvalue weighted by Gasteiger charge is -2.14. The van der Waals surface area contributed by atoms with Crippen LogP contribution in [0.2, 0.25) is 5.02 Å². The van der Waals surface area contributed by atoms with Gasteiger partial charge in [-0.15, -0.1) is 0 Å². The first kappa shape index (κ1) is 25.2. The fourth-order valence-corrected chi connectivity index (χ4v) is 5.08. The summed E-state index contributed by atoms with van der Waals surface area (Å²) in [7, 11) is 1.54. The minimum Gasteiger partial charge on any atom is -0.493 e. The number of carbonyl (C=O) groups excluding carboxylic acids is 1. The Morgan fingerprint density at radius 3 is 2.46 bits per heavy atom. The molecule has 1 aliphatic heterocycles. The quantitative estimate of drug-likeness (QED) is 0.127. The van der Waals surface area contributed by atoms with Gasteiger partial charge in [-0.2, -0.15) is 0 Å². The van der Waals surface area contributed by atoms with E-state index in [1.807, 2.05) is 12.1 Å². The highest BCUT2D eigenvalue weighted by molar-refractivity contribution is 9.10. The molecule has 178 valence electrons. The van der Waals surface area contributed by atoms with Gasteiger partial charge < -0.3 is 9.47 Å². The molecule has 0 atom stereocenters. The lowest BCUT2D eigenvalue weighted by Crippen LogP contribution is -2.27. The number of halogens is 2. The number of hydrogen-bond acceptors (Lipinski definition) is 7. The molecule has 11 heteroatoms. The maximum atomic E-state index is 13.1. The van der Waals surface area contributed by atoms with E-state index in [0.29, 0.717) is 48.1 Å². The van der Waals surface area contributed by atoms with Crippen LogP contribution < -0.4 is 14.4 Å². The second-order valence-corrected chi connectivity index (χ2v) is 10.2. The molecule has 3 aromatic carbocycles. The maximum absolute atomic E-state index is 13.1. The second-order valence-electron chi connectivity index (χ2n) is 7.23. The van der Waals surface area contributed by atoms with Crippen LogP contribution in [0.15, 0.2) is 70.0 Å². The highest BCUT2D eigenvalue weighted by atomic mass is 79.9. The fraction of sp³-hybridized carbons (Fsp3) is 0.0833. The summed E-state index contributed by atoms with van der Waals surface area (Å²) >= 11 is 16.0. The zero-order chi connectivity index (χ0) is 25.1. The summed E-state index contributed by atoms with van der Waals surface area (Å²) in [6, 6.07) is 16.6. The highest BCUT2D eigenvalue weighted by Gasteiger charge is 2.33. The normalized spacial score (nSPS) is 14.5. The number of nitrogens with zero attached hydrogens (tertiary/aromatic N) is 2. The summed E-state index contributed by atoms with van der Waals surface area (Å²) in [5, 5.41) is 11.6. The van der Waals surface area contributed by atoms with Crippen molar-refractivity contribution < 1.29 is 19.2 Å². The Morgan fingerprint density at radius 1 is 1.14 bits per heavy atom. The molecule has 0 saturated carbocycles. The van der Waals surface area contributed by atoms with Gasteiger partial charge in [0.25, 0.3) is 11.6 Å². The van der Waals surface area contributed by atoms with E-state index in [9.17, 15) is 14.9 Å². The van der Waals surface area contributed by atoms with Crippen molar-refractivity contribution in [2.45, 2.75) is 6.61 Å². The molecule has 0 spiro atoms. The van der Waals surface area contributed by atoms with E-state index in [1.165, 1.54) is 36.3 Å². The van der Waals surface area contributed by atoms with Crippen molar-refractivity contribution in [1.29, 1.82) is 0 Å². The Balaban J connectivity index is 1.56. The Hall–Kier alpha value is -2.92. The van der Waals surface area contributed by atoms with Crippen LogP contribution in [0.3, 0.4) is 0 Å². The number of carbonyl (C=O) groups is 1. The van der Waals surface area contributed by atoms with Gasteiger partial charge in [-0.25, -0.2) is 0 Å². The summed E-state index contributed by atoms with van der Waals surface area (Å²) < 4.78 is 12.5. The number of nitro benzene ring substituents is 1. The molecule has 7 nitrogen and oxygen atoms in total. The van der Waals surface area contributed by atoms with Gasteiger partial charge in [0.2, 0.25) is 0 Å². The molecule has 4 rings (SSSR count). The zero-order valence-corrected chi connectivity index (χ0v) is 22.0. The van der Waals surface area contributed by atoms with Gasteiger partial charge in [-0.1, -0.05) is 63.6 Å². The standard InChI is InChI=1S/C24H16BrClN2O5S2/c1-32-20-10-15(19(25)12-21(20)33-13-14-2-4-16(26)5-3-14)11-22-23(29)27(24(34)35-22)17-6-8-18(9-7-17)28(30)31/h2-12H,13H2,1H3/b22-11+. The van der Waals surface area contributed by atoms with Crippen LogP contribution in [0.4, 0.5) is 11.4 Å². The molecule has 0 unspecified atom stereocenters. The molecule has 1 fully saturated rings. The van der Waals surface area contributed by atoms with Crippen molar-refractivity contribution in [2.24, 2.45) is 0 Å². The largest absolute Gasteiger partial charge is 0.493 e. The summed E-state index contributed by atoms with van der Waals surface area (Å²) in [6.45, 7) is 0.327. The van der Waals surface area contributed by atoms with Crippen LogP contribution >= 0.6 is 51.5 Å². The molecule has 0 bridgehead atoms. The van der Waals surface area contributed by atoms with Crippen molar-refractivity contribution >= 4 is 79.2 Å². The number of anilines is 1. The van der Waals surface area contributed by atoms with Crippen molar-refractivity contribution in [2.75, 3.05) is 12.0 Å². The topological polar surface area (TPSA) is 81.9 Å². The minimum absolute atomic E-state index is 0.0656. The lowest BCUT2D eigenvalue weighted by atomic mass is 10.1. The van der Waals surface area contributed by atoms with Crippen LogP contribution in [-0.4, -0.2) is 22.3 Å². The number of amides is 1. The van der Waals surface area contributed by atoms with Crippen LogP contribution in [-0.2, 0) is 11.4 Å². The smallest absolute Gasteiger partial charge is 0.270 e. The monoisotopic (exact) mass is 590 g/mol. The van der Waals surface area contributed by atoms with Crippen LogP contribution in [0.25, 0.3) is 6.08 Å². The first-order valence-corrected chi connectivity index (χ1v) is 12.4. The Kier molecular flexibility index (Phi) is 7.75. The minimum atomic E-state index is -0.498. The van der Waals surface area contributed by atoms with Gasteiger partial charge >= 0.3 is 0 Å². The van der Waals surface area contributed by atoms with E-state index in [2.05, 4.69) is 15.9 Å². The van der Waals surface area contributed by atoms with E-state index >= 15 is 0 Å². The van der Waals surface area contributed by atoms with E-state index < -0.39 is 4.92 Å². The molecule has 3 aromatic rings. The average Bonchev–Trinajstić information content (AvgIpc) is 3.12. The predicted octanol–water partition coefficient (Wildman–Crippen LogP) is 7.00. The number of hydrogen-bond donors (Lipinski definition) is 0. The lowest BCUT2D eigenvalue weighted by molar-refractivity contribution is -0.384. The number of ether oxygens (including phenoxy) is 2. The third-order valence-electron chi connectivity index (χ3n) is 4.99. The van der Waals surface area contributed by atoms with E-state index in [1.54, 1.807) is 30.3 Å². The number of nitro groups is 1. The fourth-order valence-electron chi connectivity index (χ4n) is 3.23. The van der Waals surface area contributed by atoms with Crippen molar-refractivity contribution in [1.82, 2.24) is 0 Å². The third-order valence-corrected chi connectivity index (χ3v) is 7.23. The number of non-ortho nitro benzene ring substituents is 1.